The van der Waals surface area contributed by atoms with Crippen molar-refractivity contribution in [1.82, 2.24) is 20.1 Å². The average molecular weight is 412 g/mol. The number of rotatable bonds is 5. The van der Waals surface area contributed by atoms with E-state index in [0.29, 0.717) is 49.6 Å². The summed E-state index contributed by atoms with van der Waals surface area (Å²) in [5, 5.41) is 3.16. The Morgan fingerprint density at radius 2 is 1.97 bits per heavy atom. The van der Waals surface area contributed by atoms with E-state index in [-0.39, 0.29) is 11.8 Å². The van der Waals surface area contributed by atoms with Crippen molar-refractivity contribution in [3.05, 3.63) is 47.5 Å². The van der Waals surface area contributed by atoms with Gasteiger partial charge in [0, 0.05) is 39.2 Å². The fourth-order valence-corrected chi connectivity index (χ4v) is 4.35. The maximum atomic E-state index is 13.0. The average Bonchev–Trinajstić information content (AvgIpc) is 3.24. The largest absolute Gasteiger partial charge is 0.455 e. The van der Waals surface area contributed by atoms with Crippen LogP contribution in [0.3, 0.4) is 0 Å². The third kappa shape index (κ3) is 3.56. The lowest BCUT2D eigenvalue weighted by molar-refractivity contribution is 0.0578. The summed E-state index contributed by atoms with van der Waals surface area (Å²) in [4.78, 5) is 36.1. The van der Waals surface area contributed by atoms with Crippen molar-refractivity contribution in [2.75, 3.05) is 38.1 Å². The lowest BCUT2D eigenvalue weighted by Gasteiger charge is -2.50. The number of anilines is 1. The SMILES string of the molecule is CCN(CC)Cc1ccc(C(=O)N2CCC3(CC2)NC(=O)c2cccnc2N3C)o1. The second-order valence-electron chi connectivity index (χ2n) is 7.94. The molecule has 30 heavy (non-hydrogen) atoms. The smallest absolute Gasteiger partial charge is 0.289 e. The van der Waals surface area contributed by atoms with E-state index in [2.05, 4.69) is 29.0 Å². The molecule has 1 fully saturated rings. The summed E-state index contributed by atoms with van der Waals surface area (Å²) >= 11 is 0. The molecule has 0 atom stereocenters. The molecule has 2 aliphatic heterocycles. The number of pyridine rings is 1. The van der Waals surface area contributed by atoms with Crippen LogP contribution < -0.4 is 10.2 Å². The molecule has 2 amide bonds. The molecule has 0 bridgehead atoms. The lowest BCUT2D eigenvalue weighted by Crippen LogP contribution is -2.67. The number of amides is 2. The minimum absolute atomic E-state index is 0.0982. The van der Waals surface area contributed by atoms with Gasteiger partial charge in [-0.25, -0.2) is 4.98 Å². The number of aromatic nitrogens is 1. The number of hydrogen-bond acceptors (Lipinski definition) is 6. The summed E-state index contributed by atoms with van der Waals surface area (Å²) in [6, 6.07) is 7.20. The van der Waals surface area contributed by atoms with Gasteiger partial charge >= 0.3 is 0 Å². The third-order valence-electron chi connectivity index (χ3n) is 6.36. The summed E-state index contributed by atoms with van der Waals surface area (Å²) in [6.45, 7) is 7.87. The van der Waals surface area contributed by atoms with Crippen LogP contribution in [-0.4, -0.2) is 65.5 Å². The van der Waals surface area contributed by atoms with Crippen molar-refractivity contribution < 1.29 is 14.0 Å². The Labute approximate surface area is 176 Å². The molecule has 0 unspecified atom stereocenters. The van der Waals surface area contributed by atoms with Crippen LogP contribution >= 0.6 is 0 Å². The summed E-state index contributed by atoms with van der Waals surface area (Å²) in [6.07, 6.45) is 2.96. The normalized spacial score (nSPS) is 17.9. The highest BCUT2D eigenvalue weighted by molar-refractivity contribution is 6.01. The summed E-state index contributed by atoms with van der Waals surface area (Å²) in [7, 11) is 1.95. The maximum Gasteiger partial charge on any atom is 0.289 e. The van der Waals surface area contributed by atoms with Crippen LogP contribution in [-0.2, 0) is 6.54 Å². The molecule has 0 aromatic carbocycles. The zero-order valence-corrected chi connectivity index (χ0v) is 17.9. The number of nitrogens with zero attached hydrogens (tertiary/aromatic N) is 4. The Balaban J connectivity index is 1.43. The van der Waals surface area contributed by atoms with Gasteiger partial charge in [0.1, 0.15) is 17.2 Å². The molecule has 0 aliphatic carbocycles. The van der Waals surface area contributed by atoms with Gasteiger partial charge in [-0.2, -0.15) is 0 Å². The van der Waals surface area contributed by atoms with E-state index in [1.165, 1.54) is 0 Å². The Hall–Kier alpha value is -2.87. The van der Waals surface area contributed by atoms with Gasteiger partial charge in [-0.15, -0.1) is 0 Å². The first-order valence-corrected chi connectivity index (χ1v) is 10.6. The van der Waals surface area contributed by atoms with Gasteiger partial charge in [-0.3, -0.25) is 14.5 Å². The van der Waals surface area contributed by atoms with Gasteiger partial charge < -0.3 is 19.5 Å². The molecule has 1 saturated heterocycles. The predicted molar refractivity (Wildman–Crippen MR) is 113 cm³/mol. The number of hydrogen-bond donors (Lipinski definition) is 1. The molecule has 8 heteroatoms. The molecule has 8 nitrogen and oxygen atoms in total. The standard InChI is InChI=1S/C22H29N5O3/c1-4-26(5-2)15-16-8-9-18(30-16)21(29)27-13-10-22(11-14-27)24-20(28)17-7-6-12-23-19(17)25(22)3/h6-9,12H,4-5,10-11,13-15H2,1-3H3,(H,24,28). The van der Waals surface area contributed by atoms with Crippen LogP contribution in [0.2, 0.25) is 0 Å². The zero-order valence-electron chi connectivity index (χ0n) is 17.9. The van der Waals surface area contributed by atoms with Gasteiger partial charge in [-0.1, -0.05) is 13.8 Å². The van der Waals surface area contributed by atoms with E-state index < -0.39 is 5.66 Å². The second-order valence-corrected chi connectivity index (χ2v) is 7.94. The number of fused-ring (bicyclic) bond motifs is 1. The van der Waals surface area contributed by atoms with Gasteiger partial charge in [-0.05, 0) is 37.4 Å². The molecule has 1 N–H and O–H groups in total. The Kier molecular flexibility index (Phi) is 5.51. The molecule has 4 rings (SSSR count). The fourth-order valence-electron chi connectivity index (χ4n) is 4.35. The van der Waals surface area contributed by atoms with Crippen molar-refractivity contribution in [3.63, 3.8) is 0 Å². The summed E-state index contributed by atoms with van der Waals surface area (Å²) < 4.78 is 5.83. The van der Waals surface area contributed by atoms with Crippen molar-refractivity contribution >= 4 is 17.6 Å². The van der Waals surface area contributed by atoms with Gasteiger partial charge in [0.05, 0.1) is 12.1 Å². The van der Waals surface area contributed by atoms with Crippen LogP contribution in [0.1, 0.15) is 53.4 Å². The van der Waals surface area contributed by atoms with Crippen LogP contribution in [0.5, 0.6) is 0 Å². The van der Waals surface area contributed by atoms with E-state index in [4.69, 9.17) is 4.42 Å². The Morgan fingerprint density at radius 1 is 1.23 bits per heavy atom. The highest BCUT2D eigenvalue weighted by Crippen LogP contribution is 2.35. The first-order chi connectivity index (χ1) is 14.5. The number of likely N-dealkylation sites (tertiary alicyclic amines) is 1. The minimum atomic E-state index is -0.522. The molecule has 160 valence electrons. The fraction of sp³-hybridized carbons (Fsp3) is 0.500. The molecule has 2 aromatic rings. The number of piperidine rings is 1. The predicted octanol–water partition coefficient (Wildman–Crippen LogP) is 2.33. The topological polar surface area (TPSA) is 81.9 Å². The van der Waals surface area contributed by atoms with Crippen LogP contribution in [0.25, 0.3) is 0 Å². The van der Waals surface area contributed by atoms with E-state index in [1.54, 1.807) is 29.3 Å². The molecule has 1 spiro atoms. The number of carbonyl (C=O) groups excluding carboxylic acids is 2. The maximum absolute atomic E-state index is 13.0. The monoisotopic (exact) mass is 411 g/mol. The van der Waals surface area contributed by atoms with Crippen molar-refractivity contribution in [1.29, 1.82) is 0 Å². The molecular formula is C22H29N5O3. The first kappa shape index (κ1) is 20.4. The first-order valence-electron chi connectivity index (χ1n) is 10.6. The van der Waals surface area contributed by atoms with E-state index in [0.717, 1.165) is 18.8 Å². The van der Waals surface area contributed by atoms with Crippen LogP contribution in [0.4, 0.5) is 5.82 Å². The quantitative estimate of drug-likeness (QED) is 0.813. The van der Waals surface area contributed by atoms with Gasteiger partial charge in [0.25, 0.3) is 11.8 Å². The highest BCUT2D eigenvalue weighted by Gasteiger charge is 2.45. The van der Waals surface area contributed by atoms with Gasteiger partial charge in [0.2, 0.25) is 0 Å². The molecule has 0 radical (unpaired) electrons. The van der Waals surface area contributed by atoms with Crippen LogP contribution in [0, 0.1) is 0 Å². The second kappa shape index (κ2) is 8.10. The highest BCUT2D eigenvalue weighted by atomic mass is 16.4. The lowest BCUT2D eigenvalue weighted by atomic mass is 9.91. The molecule has 2 aromatic heterocycles. The van der Waals surface area contributed by atoms with Crippen molar-refractivity contribution in [2.45, 2.75) is 38.9 Å². The number of carbonyl (C=O) groups is 2. The molecular weight excluding hydrogens is 382 g/mol. The van der Waals surface area contributed by atoms with Crippen molar-refractivity contribution in [3.8, 4) is 0 Å². The van der Waals surface area contributed by atoms with E-state index >= 15 is 0 Å². The third-order valence-corrected chi connectivity index (χ3v) is 6.36. The Bertz CT molecular complexity index is 928. The summed E-state index contributed by atoms with van der Waals surface area (Å²) in [5.74, 6) is 1.66. The van der Waals surface area contributed by atoms with E-state index in [1.807, 2.05) is 18.0 Å². The number of furan rings is 1. The molecule has 2 aliphatic rings. The zero-order chi connectivity index (χ0) is 21.3. The number of nitrogens with one attached hydrogen (secondary N) is 1. The minimum Gasteiger partial charge on any atom is -0.455 e. The summed E-state index contributed by atoms with van der Waals surface area (Å²) in [5.41, 5.74) is 0.0622. The molecule has 0 saturated carbocycles. The van der Waals surface area contributed by atoms with E-state index in [9.17, 15) is 9.59 Å². The Morgan fingerprint density at radius 3 is 2.67 bits per heavy atom. The molecule has 4 heterocycles. The van der Waals surface area contributed by atoms with Crippen LogP contribution in [0.15, 0.2) is 34.9 Å². The van der Waals surface area contributed by atoms with Gasteiger partial charge in [0.15, 0.2) is 5.76 Å². The van der Waals surface area contributed by atoms with Crippen molar-refractivity contribution in [2.24, 2.45) is 0 Å².